The van der Waals surface area contributed by atoms with Crippen molar-refractivity contribution in [3.05, 3.63) is 0 Å². The van der Waals surface area contributed by atoms with Crippen LogP contribution in [-0.4, -0.2) is 12.6 Å². The van der Waals surface area contributed by atoms with Gasteiger partial charge >= 0.3 is 0 Å². The standard InChI is InChI=1S/C20H41N/c1-5-7-8-9-10-13-19(21-16-6-2)20(17-18(3)4)14-11-12-15-20/h18-19,21H,5-17H2,1-4H3. The Hall–Kier alpha value is -0.0400. The first-order valence-electron chi connectivity index (χ1n) is 9.88. The second-order valence-corrected chi connectivity index (χ2v) is 7.88. The summed E-state index contributed by atoms with van der Waals surface area (Å²) in [5.41, 5.74) is 0.619. The van der Waals surface area contributed by atoms with Gasteiger partial charge in [-0.1, -0.05) is 72.6 Å². The van der Waals surface area contributed by atoms with Gasteiger partial charge in [0.05, 0.1) is 0 Å². The van der Waals surface area contributed by atoms with Gasteiger partial charge in [0, 0.05) is 6.04 Å². The Kier molecular flexibility index (Phi) is 9.64. The molecule has 0 radical (unpaired) electrons. The fraction of sp³-hybridized carbons (Fsp3) is 1.00. The van der Waals surface area contributed by atoms with Gasteiger partial charge in [0.15, 0.2) is 0 Å². The van der Waals surface area contributed by atoms with Crippen LogP contribution in [-0.2, 0) is 0 Å². The minimum Gasteiger partial charge on any atom is -0.313 e. The summed E-state index contributed by atoms with van der Waals surface area (Å²) in [7, 11) is 0. The van der Waals surface area contributed by atoms with E-state index in [-0.39, 0.29) is 0 Å². The van der Waals surface area contributed by atoms with Crippen LogP contribution in [0.15, 0.2) is 0 Å². The lowest BCUT2D eigenvalue weighted by Crippen LogP contribution is -2.45. The van der Waals surface area contributed by atoms with Gasteiger partial charge in [0.25, 0.3) is 0 Å². The molecule has 1 nitrogen and oxygen atoms in total. The average molecular weight is 296 g/mol. The Bertz CT molecular complexity index is 240. The molecule has 0 spiro atoms. The summed E-state index contributed by atoms with van der Waals surface area (Å²) < 4.78 is 0. The van der Waals surface area contributed by atoms with Crippen LogP contribution in [0, 0.1) is 11.3 Å². The molecule has 0 aliphatic heterocycles. The van der Waals surface area contributed by atoms with Crippen molar-refractivity contribution in [1.29, 1.82) is 0 Å². The van der Waals surface area contributed by atoms with Gasteiger partial charge in [-0.3, -0.25) is 0 Å². The molecule has 1 rings (SSSR count). The average Bonchev–Trinajstić information content (AvgIpc) is 2.90. The summed E-state index contributed by atoms with van der Waals surface area (Å²) in [5, 5.41) is 3.95. The van der Waals surface area contributed by atoms with E-state index in [0.717, 1.165) is 12.0 Å². The highest BCUT2D eigenvalue weighted by atomic mass is 14.9. The zero-order valence-electron chi connectivity index (χ0n) is 15.3. The molecule has 0 amide bonds. The molecule has 0 saturated heterocycles. The first-order valence-corrected chi connectivity index (χ1v) is 9.88. The number of unbranched alkanes of at least 4 members (excludes halogenated alkanes) is 4. The van der Waals surface area contributed by atoms with Crippen LogP contribution in [0.3, 0.4) is 0 Å². The van der Waals surface area contributed by atoms with Crippen molar-refractivity contribution >= 4 is 0 Å². The molecule has 0 heterocycles. The Labute approximate surface area is 134 Å². The van der Waals surface area contributed by atoms with Crippen LogP contribution in [0.1, 0.15) is 105 Å². The lowest BCUT2D eigenvalue weighted by molar-refractivity contribution is 0.145. The van der Waals surface area contributed by atoms with Crippen molar-refractivity contribution in [2.24, 2.45) is 11.3 Å². The molecule has 21 heavy (non-hydrogen) atoms. The van der Waals surface area contributed by atoms with Crippen molar-refractivity contribution in [2.75, 3.05) is 6.54 Å². The maximum atomic E-state index is 3.95. The molecule has 1 N–H and O–H groups in total. The minimum atomic E-state index is 0.619. The molecule has 1 saturated carbocycles. The van der Waals surface area contributed by atoms with Crippen LogP contribution in [0.5, 0.6) is 0 Å². The zero-order valence-corrected chi connectivity index (χ0v) is 15.3. The van der Waals surface area contributed by atoms with Gasteiger partial charge in [-0.05, 0) is 50.0 Å². The third kappa shape index (κ3) is 6.72. The molecule has 1 fully saturated rings. The first-order chi connectivity index (χ1) is 10.1. The maximum absolute atomic E-state index is 3.95. The van der Waals surface area contributed by atoms with E-state index in [1.54, 1.807) is 0 Å². The zero-order chi connectivity index (χ0) is 15.6. The Morgan fingerprint density at radius 2 is 1.57 bits per heavy atom. The monoisotopic (exact) mass is 295 g/mol. The van der Waals surface area contributed by atoms with Gasteiger partial charge in [-0.15, -0.1) is 0 Å². The van der Waals surface area contributed by atoms with Crippen molar-refractivity contribution in [3.63, 3.8) is 0 Å². The quantitative estimate of drug-likeness (QED) is 0.415. The second-order valence-electron chi connectivity index (χ2n) is 7.88. The fourth-order valence-corrected chi connectivity index (χ4v) is 4.48. The normalized spacial score (nSPS) is 19.3. The molecule has 0 bridgehead atoms. The largest absolute Gasteiger partial charge is 0.313 e. The molecule has 1 unspecified atom stereocenters. The molecule has 0 aromatic heterocycles. The van der Waals surface area contributed by atoms with Gasteiger partial charge in [-0.25, -0.2) is 0 Å². The Morgan fingerprint density at radius 1 is 0.905 bits per heavy atom. The molecule has 126 valence electrons. The molecule has 0 aromatic rings. The minimum absolute atomic E-state index is 0.619. The van der Waals surface area contributed by atoms with Crippen LogP contribution < -0.4 is 5.32 Å². The van der Waals surface area contributed by atoms with E-state index in [4.69, 9.17) is 0 Å². The lowest BCUT2D eigenvalue weighted by Gasteiger charge is -2.40. The van der Waals surface area contributed by atoms with Crippen molar-refractivity contribution in [2.45, 2.75) is 111 Å². The topological polar surface area (TPSA) is 12.0 Å². The lowest BCUT2D eigenvalue weighted by atomic mass is 9.71. The third-order valence-electron chi connectivity index (χ3n) is 5.39. The van der Waals surface area contributed by atoms with Gasteiger partial charge in [0.1, 0.15) is 0 Å². The van der Waals surface area contributed by atoms with Crippen LogP contribution in [0.2, 0.25) is 0 Å². The molecule has 1 aliphatic rings. The highest BCUT2D eigenvalue weighted by molar-refractivity contribution is 4.95. The van der Waals surface area contributed by atoms with E-state index in [1.807, 2.05) is 0 Å². The number of rotatable bonds is 12. The first kappa shape index (κ1) is 19.0. The molecule has 1 aliphatic carbocycles. The van der Waals surface area contributed by atoms with Crippen molar-refractivity contribution < 1.29 is 0 Å². The van der Waals surface area contributed by atoms with E-state index in [2.05, 4.69) is 33.0 Å². The van der Waals surface area contributed by atoms with Crippen LogP contribution >= 0.6 is 0 Å². The molecule has 1 heteroatoms. The summed E-state index contributed by atoms with van der Waals surface area (Å²) in [6.45, 7) is 10.6. The fourth-order valence-electron chi connectivity index (χ4n) is 4.48. The maximum Gasteiger partial charge on any atom is 0.0124 e. The van der Waals surface area contributed by atoms with E-state index in [9.17, 15) is 0 Å². The highest BCUT2D eigenvalue weighted by Gasteiger charge is 2.40. The molecule has 1 atom stereocenters. The predicted molar refractivity (Wildman–Crippen MR) is 95.8 cm³/mol. The number of hydrogen-bond acceptors (Lipinski definition) is 1. The summed E-state index contributed by atoms with van der Waals surface area (Å²) >= 11 is 0. The summed E-state index contributed by atoms with van der Waals surface area (Å²) in [5.74, 6) is 0.842. The SMILES string of the molecule is CCCCCCCC(NCCC)C1(CC(C)C)CCCC1. The third-order valence-corrected chi connectivity index (χ3v) is 5.39. The highest BCUT2D eigenvalue weighted by Crippen LogP contribution is 2.47. The molecular weight excluding hydrogens is 254 g/mol. The van der Waals surface area contributed by atoms with Crippen LogP contribution in [0.4, 0.5) is 0 Å². The van der Waals surface area contributed by atoms with Crippen molar-refractivity contribution in [1.82, 2.24) is 5.32 Å². The van der Waals surface area contributed by atoms with E-state index in [0.29, 0.717) is 5.41 Å². The smallest absolute Gasteiger partial charge is 0.0124 e. The predicted octanol–water partition coefficient (Wildman–Crippen LogP) is 6.32. The number of nitrogens with one attached hydrogen (secondary N) is 1. The molecular formula is C20H41N. The van der Waals surface area contributed by atoms with Crippen molar-refractivity contribution in [3.8, 4) is 0 Å². The van der Waals surface area contributed by atoms with Gasteiger partial charge in [-0.2, -0.15) is 0 Å². The summed E-state index contributed by atoms with van der Waals surface area (Å²) in [6.07, 6.45) is 17.1. The van der Waals surface area contributed by atoms with Gasteiger partial charge in [0.2, 0.25) is 0 Å². The number of hydrogen-bond donors (Lipinski definition) is 1. The van der Waals surface area contributed by atoms with E-state index in [1.165, 1.54) is 83.6 Å². The second kappa shape index (κ2) is 10.6. The Balaban J connectivity index is 2.55. The summed E-state index contributed by atoms with van der Waals surface area (Å²) in [6, 6.07) is 0.781. The van der Waals surface area contributed by atoms with Gasteiger partial charge < -0.3 is 5.32 Å². The Morgan fingerprint density at radius 3 is 2.14 bits per heavy atom. The van der Waals surface area contributed by atoms with E-state index >= 15 is 0 Å². The summed E-state index contributed by atoms with van der Waals surface area (Å²) in [4.78, 5) is 0. The van der Waals surface area contributed by atoms with Crippen LogP contribution in [0.25, 0.3) is 0 Å². The molecule has 0 aromatic carbocycles. The van der Waals surface area contributed by atoms with E-state index < -0.39 is 0 Å².